The Kier molecular flexibility index (Phi) is 5.15. The molecule has 5 nitrogen and oxygen atoms in total. The lowest BCUT2D eigenvalue weighted by molar-refractivity contribution is -0.142. The Bertz CT molecular complexity index is 296. The highest BCUT2D eigenvalue weighted by Gasteiger charge is 2.27. The van der Waals surface area contributed by atoms with E-state index in [4.69, 9.17) is 10.8 Å². The highest BCUT2D eigenvalue weighted by Crippen LogP contribution is 2.24. The predicted molar refractivity (Wildman–Crippen MR) is 64.3 cm³/mol. The van der Waals surface area contributed by atoms with Gasteiger partial charge in [0.1, 0.15) is 0 Å². The van der Waals surface area contributed by atoms with Crippen molar-refractivity contribution in [3.63, 3.8) is 0 Å². The first-order chi connectivity index (χ1) is 8.04. The van der Waals surface area contributed by atoms with E-state index in [0.717, 1.165) is 0 Å². The standard InChI is InChI=1S/C12H20N2O3/c1-2-3-10(13)11(15)14-9-6-4-8(5-7-9)12(16)17/h2,8-10H,1,3-7,13H2,(H,14,15)(H,16,17). The summed E-state index contributed by atoms with van der Waals surface area (Å²) in [5.74, 6) is -1.17. The van der Waals surface area contributed by atoms with Crippen LogP contribution >= 0.6 is 0 Å². The molecule has 1 amide bonds. The second kappa shape index (κ2) is 6.39. The number of hydrogen-bond acceptors (Lipinski definition) is 3. The third-order valence-electron chi connectivity index (χ3n) is 3.18. The van der Waals surface area contributed by atoms with Gasteiger partial charge < -0.3 is 16.2 Å². The fourth-order valence-corrected chi connectivity index (χ4v) is 2.08. The van der Waals surface area contributed by atoms with E-state index in [1.165, 1.54) is 0 Å². The summed E-state index contributed by atoms with van der Waals surface area (Å²) in [7, 11) is 0. The molecule has 0 saturated heterocycles. The predicted octanol–water partition coefficient (Wildman–Crippen LogP) is 0.649. The minimum Gasteiger partial charge on any atom is -0.481 e. The van der Waals surface area contributed by atoms with Crippen LogP contribution in [0.15, 0.2) is 12.7 Å². The summed E-state index contributed by atoms with van der Waals surface area (Å²) in [5.41, 5.74) is 5.64. The molecule has 0 aromatic heterocycles. The van der Waals surface area contributed by atoms with Crippen molar-refractivity contribution in [3.05, 3.63) is 12.7 Å². The van der Waals surface area contributed by atoms with E-state index in [2.05, 4.69) is 11.9 Å². The van der Waals surface area contributed by atoms with Crippen LogP contribution in [-0.4, -0.2) is 29.1 Å². The summed E-state index contributed by atoms with van der Waals surface area (Å²) in [5, 5.41) is 11.7. The lowest BCUT2D eigenvalue weighted by Crippen LogP contribution is -2.46. The maximum atomic E-state index is 11.6. The Balaban J connectivity index is 2.32. The van der Waals surface area contributed by atoms with Crippen LogP contribution < -0.4 is 11.1 Å². The van der Waals surface area contributed by atoms with E-state index < -0.39 is 12.0 Å². The lowest BCUT2D eigenvalue weighted by Gasteiger charge is -2.27. The maximum Gasteiger partial charge on any atom is 0.306 e. The second-order valence-electron chi connectivity index (χ2n) is 4.53. The van der Waals surface area contributed by atoms with Gasteiger partial charge in [0.2, 0.25) is 5.91 Å². The van der Waals surface area contributed by atoms with Gasteiger partial charge in [0.25, 0.3) is 0 Å². The molecule has 1 aliphatic carbocycles. The van der Waals surface area contributed by atoms with Gasteiger partial charge in [-0.3, -0.25) is 9.59 Å². The average Bonchev–Trinajstić information content (AvgIpc) is 2.30. The number of carboxylic acid groups (broad SMARTS) is 1. The molecule has 1 unspecified atom stereocenters. The third kappa shape index (κ3) is 4.19. The molecule has 5 heteroatoms. The van der Waals surface area contributed by atoms with Gasteiger partial charge in [-0.1, -0.05) is 6.08 Å². The molecule has 17 heavy (non-hydrogen) atoms. The van der Waals surface area contributed by atoms with Crippen molar-refractivity contribution >= 4 is 11.9 Å². The Morgan fingerprint density at radius 3 is 2.47 bits per heavy atom. The fourth-order valence-electron chi connectivity index (χ4n) is 2.08. The van der Waals surface area contributed by atoms with Gasteiger partial charge in [-0.25, -0.2) is 0 Å². The highest BCUT2D eigenvalue weighted by atomic mass is 16.4. The molecule has 1 fully saturated rings. The molecule has 1 aliphatic rings. The highest BCUT2D eigenvalue weighted by molar-refractivity contribution is 5.82. The minimum absolute atomic E-state index is 0.0639. The smallest absolute Gasteiger partial charge is 0.306 e. The van der Waals surface area contributed by atoms with Crippen LogP contribution in [0.2, 0.25) is 0 Å². The van der Waals surface area contributed by atoms with Crippen LogP contribution in [0.4, 0.5) is 0 Å². The number of aliphatic carboxylic acids is 1. The summed E-state index contributed by atoms with van der Waals surface area (Å²) in [6.07, 6.45) is 4.74. The van der Waals surface area contributed by atoms with E-state index >= 15 is 0 Å². The fraction of sp³-hybridized carbons (Fsp3) is 0.667. The van der Waals surface area contributed by atoms with Crippen molar-refractivity contribution in [2.75, 3.05) is 0 Å². The summed E-state index contributed by atoms with van der Waals surface area (Å²) >= 11 is 0. The van der Waals surface area contributed by atoms with Crippen molar-refractivity contribution in [2.45, 2.75) is 44.2 Å². The normalized spacial score (nSPS) is 25.9. The van der Waals surface area contributed by atoms with Gasteiger partial charge in [0.05, 0.1) is 12.0 Å². The number of amides is 1. The number of carboxylic acids is 1. The average molecular weight is 240 g/mol. The summed E-state index contributed by atoms with van der Waals surface area (Å²) in [6, 6.07) is -0.487. The number of carbonyl (C=O) groups excluding carboxylic acids is 1. The molecular weight excluding hydrogens is 220 g/mol. The van der Waals surface area contributed by atoms with Crippen molar-refractivity contribution < 1.29 is 14.7 Å². The number of carbonyl (C=O) groups is 2. The molecular formula is C12H20N2O3. The molecule has 0 aromatic carbocycles. The number of nitrogens with two attached hydrogens (primary N) is 1. The van der Waals surface area contributed by atoms with Gasteiger partial charge in [-0.15, -0.1) is 6.58 Å². The van der Waals surface area contributed by atoms with Crippen molar-refractivity contribution in [2.24, 2.45) is 11.7 Å². The van der Waals surface area contributed by atoms with E-state index in [0.29, 0.717) is 32.1 Å². The molecule has 1 rings (SSSR count). The molecule has 0 bridgehead atoms. The first kappa shape index (κ1) is 13.7. The molecule has 96 valence electrons. The second-order valence-corrected chi connectivity index (χ2v) is 4.53. The largest absolute Gasteiger partial charge is 0.481 e. The Hall–Kier alpha value is -1.36. The molecule has 0 spiro atoms. The molecule has 0 radical (unpaired) electrons. The van der Waals surface area contributed by atoms with Crippen molar-refractivity contribution in [3.8, 4) is 0 Å². The van der Waals surface area contributed by atoms with E-state index in [1.807, 2.05) is 0 Å². The minimum atomic E-state index is -0.738. The molecule has 0 heterocycles. The van der Waals surface area contributed by atoms with Gasteiger partial charge in [0.15, 0.2) is 0 Å². The van der Waals surface area contributed by atoms with Crippen molar-refractivity contribution in [1.29, 1.82) is 0 Å². The SMILES string of the molecule is C=CCC(N)C(=O)NC1CCC(C(=O)O)CC1. The maximum absolute atomic E-state index is 11.6. The molecule has 1 saturated carbocycles. The summed E-state index contributed by atoms with van der Waals surface area (Å²) in [6.45, 7) is 3.53. The van der Waals surface area contributed by atoms with Crippen molar-refractivity contribution in [1.82, 2.24) is 5.32 Å². The van der Waals surface area contributed by atoms with E-state index in [1.54, 1.807) is 6.08 Å². The zero-order valence-electron chi connectivity index (χ0n) is 9.89. The van der Waals surface area contributed by atoms with Crippen LogP contribution in [0.3, 0.4) is 0 Å². The first-order valence-electron chi connectivity index (χ1n) is 5.94. The topological polar surface area (TPSA) is 92.4 Å². The van der Waals surface area contributed by atoms with Crippen LogP contribution in [0, 0.1) is 5.92 Å². The molecule has 4 N–H and O–H groups in total. The van der Waals surface area contributed by atoms with Crippen LogP contribution in [0.1, 0.15) is 32.1 Å². The first-order valence-corrected chi connectivity index (χ1v) is 5.94. The third-order valence-corrected chi connectivity index (χ3v) is 3.18. The quantitative estimate of drug-likeness (QED) is 0.615. The number of rotatable bonds is 5. The lowest BCUT2D eigenvalue weighted by atomic mass is 9.86. The summed E-state index contributed by atoms with van der Waals surface area (Å²) < 4.78 is 0. The molecule has 0 aromatic rings. The molecule has 1 atom stereocenters. The van der Waals surface area contributed by atoms with Gasteiger partial charge in [-0.2, -0.15) is 0 Å². The van der Waals surface area contributed by atoms with E-state index in [9.17, 15) is 9.59 Å². The monoisotopic (exact) mass is 240 g/mol. The van der Waals surface area contributed by atoms with Crippen LogP contribution in [-0.2, 0) is 9.59 Å². The Morgan fingerprint density at radius 1 is 1.41 bits per heavy atom. The Morgan fingerprint density at radius 2 is 2.00 bits per heavy atom. The van der Waals surface area contributed by atoms with Crippen LogP contribution in [0.5, 0.6) is 0 Å². The number of nitrogens with one attached hydrogen (secondary N) is 1. The zero-order chi connectivity index (χ0) is 12.8. The Labute approximate surface area is 101 Å². The number of hydrogen-bond donors (Lipinski definition) is 3. The van der Waals surface area contributed by atoms with Gasteiger partial charge in [0, 0.05) is 6.04 Å². The van der Waals surface area contributed by atoms with E-state index in [-0.39, 0.29) is 17.9 Å². The zero-order valence-corrected chi connectivity index (χ0v) is 9.89. The summed E-state index contributed by atoms with van der Waals surface area (Å²) in [4.78, 5) is 22.4. The van der Waals surface area contributed by atoms with Gasteiger partial charge >= 0.3 is 5.97 Å². The van der Waals surface area contributed by atoms with Gasteiger partial charge in [-0.05, 0) is 32.1 Å². The van der Waals surface area contributed by atoms with Crippen LogP contribution in [0.25, 0.3) is 0 Å². The molecule has 0 aliphatic heterocycles.